The van der Waals surface area contributed by atoms with Crippen LogP contribution in [-0.4, -0.2) is 37.2 Å². The number of fused-ring (bicyclic) bond motifs is 1. The first-order valence-electron chi connectivity index (χ1n) is 10.3. The number of nitrogens with one attached hydrogen (secondary N) is 3. The molecule has 4 rings (SSSR count). The number of rotatable bonds is 8. The van der Waals surface area contributed by atoms with Gasteiger partial charge in [-0.1, -0.05) is 30.3 Å². The molecule has 0 spiro atoms. The first-order chi connectivity index (χ1) is 14.7. The maximum absolute atomic E-state index is 5.51. The Morgan fingerprint density at radius 3 is 2.67 bits per heavy atom. The number of aryl methyl sites for hydroxylation is 1. The van der Waals surface area contributed by atoms with Gasteiger partial charge in [-0.25, -0.2) is 4.98 Å². The molecule has 0 saturated carbocycles. The number of hydrogen-bond donors (Lipinski definition) is 3. The van der Waals surface area contributed by atoms with Crippen molar-refractivity contribution in [3.8, 4) is 28.3 Å². The van der Waals surface area contributed by atoms with Gasteiger partial charge < -0.3 is 20.4 Å². The highest BCUT2D eigenvalue weighted by atomic mass is 16.5. The summed E-state index contributed by atoms with van der Waals surface area (Å²) < 4.78 is 5.51. The van der Waals surface area contributed by atoms with Crippen LogP contribution in [0.3, 0.4) is 0 Å². The van der Waals surface area contributed by atoms with E-state index < -0.39 is 0 Å². The number of para-hydroxylation sites is 1. The maximum Gasteiger partial charge on any atom is 0.142 e. The minimum absolute atomic E-state index is 0.813. The van der Waals surface area contributed by atoms with Crippen molar-refractivity contribution in [3.63, 3.8) is 0 Å². The summed E-state index contributed by atoms with van der Waals surface area (Å²) in [6, 6.07) is 21.0. The number of nitrogens with zero attached hydrogens (tertiary/aromatic N) is 1. The van der Waals surface area contributed by atoms with Crippen molar-refractivity contribution in [2.75, 3.05) is 27.2 Å². The number of H-pyrrole nitrogens is 1. The second-order valence-corrected chi connectivity index (χ2v) is 7.45. The standard InChI is InChI=1S/C25H28N4O/c1-17-13-20(19-8-6-7-18(14-19)16-27-12-11-26-2)15-22-24(17)29-25(28-22)21-9-4-5-10-23(21)30-3/h4-10,13-15,26-27H,11-12,16H2,1-3H3,(H,28,29). The van der Waals surface area contributed by atoms with Crippen LogP contribution >= 0.6 is 0 Å². The Morgan fingerprint density at radius 2 is 1.83 bits per heavy atom. The molecule has 0 atom stereocenters. The molecule has 4 aromatic rings. The minimum Gasteiger partial charge on any atom is -0.496 e. The second-order valence-electron chi connectivity index (χ2n) is 7.45. The van der Waals surface area contributed by atoms with Crippen molar-refractivity contribution >= 4 is 11.0 Å². The molecule has 0 radical (unpaired) electrons. The van der Waals surface area contributed by atoms with Crippen LogP contribution in [0, 0.1) is 6.92 Å². The molecule has 0 aliphatic carbocycles. The molecule has 0 fully saturated rings. The number of aromatic amines is 1. The van der Waals surface area contributed by atoms with E-state index in [0.29, 0.717) is 0 Å². The van der Waals surface area contributed by atoms with Crippen molar-refractivity contribution in [3.05, 3.63) is 71.8 Å². The van der Waals surface area contributed by atoms with Gasteiger partial charge in [0.05, 0.1) is 23.7 Å². The summed E-state index contributed by atoms with van der Waals surface area (Å²) in [7, 11) is 3.65. The molecule has 5 nitrogen and oxygen atoms in total. The Morgan fingerprint density at radius 1 is 0.967 bits per heavy atom. The summed E-state index contributed by atoms with van der Waals surface area (Å²) in [5.74, 6) is 1.64. The van der Waals surface area contributed by atoms with Gasteiger partial charge in [0, 0.05) is 19.6 Å². The van der Waals surface area contributed by atoms with Gasteiger partial charge in [0.2, 0.25) is 0 Å². The van der Waals surface area contributed by atoms with Crippen molar-refractivity contribution in [1.29, 1.82) is 0 Å². The van der Waals surface area contributed by atoms with Crippen LogP contribution in [0.4, 0.5) is 0 Å². The summed E-state index contributed by atoms with van der Waals surface area (Å²) in [4.78, 5) is 8.35. The van der Waals surface area contributed by atoms with Gasteiger partial charge in [-0.3, -0.25) is 0 Å². The molecule has 30 heavy (non-hydrogen) atoms. The summed E-state index contributed by atoms with van der Waals surface area (Å²) in [5, 5.41) is 6.62. The van der Waals surface area contributed by atoms with E-state index in [1.807, 2.05) is 31.3 Å². The highest BCUT2D eigenvalue weighted by Crippen LogP contribution is 2.32. The normalized spacial score (nSPS) is 11.2. The first kappa shape index (κ1) is 20.1. The lowest BCUT2D eigenvalue weighted by Crippen LogP contribution is -2.24. The molecule has 0 saturated heterocycles. The molecule has 0 amide bonds. The lowest BCUT2D eigenvalue weighted by Gasteiger charge is -2.08. The largest absolute Gasteiger partial charge is 0.496 e. The van der Waals surface area contributed by atoms with Crippen LogP contribution in [0.25, 0.3) is 33.5 Å². The van der Waals surface area contributed by atoms with Gasteiger partial charge in [0.15, 0.2) is 0 Å². The Bertz CT molecular complexity index is 1150. The number of methoxy groups -OCH3 is 1. The zero-order valence-electron chi connectivity index (χ0n) is 17.8. The molecule has 0 bridgehead atoms. The van der Waals surface area contributed by atoms with Crippen molar-refractivity contribution in [1.82, 2.24) is 20.6 Å². The zero-order valence-corrected chi connectivity index (χ0v) is 17.8. The fraction of sp³-hybridized carbons (Fsp3) is 0.240. The van der Waals surface area contributed by atoms with E-state index in [9.17, 15) is 0 Å². The predicted molar refractivity (Wildman–Crippen MR) is 124 cm³/mol. The van der Waals surface area contributed by atoms with Crippen molar-refractivity contribution < 1.29 is 4.74 Å². The fourth-order valence-corrected chi connectivity index (χ4v) is 3.73. The van der Waals surface area contributed by atoms with E-state index in [2.05, 4.69) is 58.9 Å². The maximum atomic E-state index is 5.51. The minimum atomic E-state index is 0.813. The van der Waals surface area contributed by atoms with E-state index in [4.69, 9.17) is 9.72 Å². The highest BCUT2D eigenvalue weighted by molar-refractivity contribution is 5.88. The van der Waals surface area contributed by atoms with E-state index in [1.165, 1.54) is 22.3 Å². The molecule has 154 valence electrons. The van der Waals surface area contributed by atoms with Crippen LogP contribution in [0.5, 0.6) is 5.75 Å². The Kier molecular flexibility index (Phi) is 6.12. The average molecular weight is 401 g/mol. The van der Waals surface area contributed by atoms with Gasteiger partial charge >= 0.3 is 0 Å². The van der Waals surface area contributed by atoms with Crippen LogP contribution in [0.2, 0.25) is 0 Å². The van der Waals surface area contributed by atoms with Gasteiger partial charge in [0.25, 0.3) is 0 Å². The zero-order chi connectivity index (χ0) is 20.9. The predicted octanol–water partition coefficient (Wildman–Crippen LogP) is 4.52. The Labute approximate surface area is 177 Å². The SMILES string of the molecule is CNCCNCc1cccc(-c2cc(C)c3[nH]c(-c4ccccc4OC)nc3c2)c1. The molecule has 3 N–H and O–H groups in total. The Hall–Kier alpha value is -3.15. The third kappa shape index (κ3) is 4.22. The molecular weight excluding hydrogens is 372 g/mol. The van der Waals surface area contributed by atoms with Gasteiger partial charge in [0.1, 0.15) is 11.6 Å². The summed E-state index contributed by atoms with van der Waals surface area (Å²) in [5.41, 5.74) is 7.82. The summed E-state index contributed by atoms with van der Waals surface area (Å²) >= 11 is 0. The monoisotopic (exact) mass is 400 g/mol. The van der Waals surface area contributed by atoms with E-state index >= 15 is 0 Å². The number of benzene rings is 3. The van der Waals surface area contributed by atoms with Crippen molar-refractivity contribution in [2.45, 2.75) is 13.5 Å². The number of likely N-dealkylation sites (N-methyl/N-ethyl adjacent to an activating group) is 1. The lowest BCUT2D eigenvalue weighted by atomic mass is 10.0. The highest BCUT2D eigenvalue weighted by Gasteiger charge is 2.13. The molecule has 0 unspecified atom stereocenters. The summed E-state index contributed by atoms with van der Waals surface area (Å²) in [6.07, 6.45) is 0. The quantitative estimate of drug-likeness (QED) is 0.381. The number of ether oxygens (including phenoxy) is 1. The number of hydrogen-bond acceptors (Lipinski definition) is 4. The number of aromatic nitrogens is 2. The smallest absolute Gasteiger partial charge is 0.142 e. The van der Waals surface area contributed by atoms with Gasteiger partial charge in [-0.2, -0.15) is 0 Å². The molecule has 1 heterocycles. The van der Waals surface area contributed by atoms with E-state index in [-0.39, 0.29) is 0 Å². The van der Waals surface area contributed by atoms with Crippen LogP contribution < -0.4 is 15.4 Å². The molecule has 0 aliphatic heterocycles. The topological polar surface area (TPSA) is 62.0 Å². The van der Waals surface area contributed by atoms with Crippen molar-refractivity contribution in [2.24, 2.45) is 0 Å². The second kappa shape index (κ2) is 9.11. The van der Waals surface area contributed by atoms with Crippen LogP contribution in [0.15, 0.2) is 60.7 Å². The number of imidazole rings is 1. The van der Waals surface area contributed by atoms with E-state index in [0.717, 1.165) is 47.8 Å². The van der Waals surface area contributed by atoms with Gasteiger partial charge in [-0.05, 0) is 66.6 Å². The van der Waals surface area contributed by atoms with E-state index in [1.54, 1.807) is 7.11 Å². The summed E-state index contributed by atoms with van der Waals surface area (Å²) in [6.45, 7) is 4.89. The molecule has 3 aromatic carbocycles. The van der Waals surface area contributed by atoms with Crippen LogP contribution in [-0.2, 0) is 6.54 Å². The van der Waals surface area contributed by atoms with Gasteiger partial charge in [-0.15, -0.1) is 0 Å². The third-order valence-corrected chi connectivity index (χ3v) is 5.29. The van der Waals surface area contributed by atoms with Crippen LogP contribution in [0.1, 0.15) is 11.1 Å². The Balaban J connectivity index is 1.67. The molecular formula is C25H28N4O. The first-order valence-corrected chi connectivity index (χ1v) is 10.3. The molecule has 5 heteroatoms. The molecule has 0 aliphatic rings. The third-order valence-electron chi connectivity index (χ3n) is 5.29. The average Bonchev–Trinajstić information content (AvgIpc) is 3.22. The fourth-order valence-electron chi connectivity index (χ4n) is 3.73. The molecule has 1 aromatic heterocycles. The lowest BCUT2D eigenvalue weighted by molar-refractivity contribution is 0.416.